The molecule has 1 aromatic heterocycles. The summed E-state index contributed by atoms with van der Waals surface area (Å²) in [6.07, 6.45) is 2.17. The van der Waals surface area contributed by atoms with E-state index < -0.39 is 5.76 Å². The maximum absolute atomic E-state index is 12.3. The van der Waals surface area contributed by atoms with Crippen molar-refractivity contribution >= 4 is 34.7 Å². The van der Waals surface area contributed by atoms with Crippen LogP contribution in [0.5, 0.6) is 0 Å². The van der Waals surface area contributed by atoms with E-state index in [0.717, 1.165) is 19.4 Å². The molecule has 1 atom stereocenters. The largest absolute Gasteiger partial charge is 0.325 e. The number of alkyl halides is 2. The number of thioether (sulfide) groups is 1. The summed E-state index contributed by atoms with van der Waals surface area (Å²) in [6.45, 7) is 1.26. The van der Waals surface area contributed by atoms with Crippen molar-refractivity contribution in [3.05, 3.63) is 46.7 Å². The molecule has 1 fully saturated rings. The van der Waals surface area contributed by atoms with E-state index in [-0.39, 0.29) is 5.91 Å². The average Bonchev–Trinajstić information content (AvgIpc) is 3.19. The highest BCUT2D eigenvalue weighted by molar-refractivity contribution is 7.99. The van der Waals surface area contributed by atoms with Crippen molar-refractivity contribution in [2.24, 2.45) is 0 Å². The van der Waals surface area contributed by atoms with Crippen molar-refractivity contribution in [2.45, 2.75) is 29.5 Å². The zero-order valence-electron chi connectivity index (χ0n) is 13.0. The topological polar surface area (TPSA) is 32.3 Å². The molecule has 0 saturated carbocycles. The van der Waals surface area contributed by atoms with E-state index in [4.69, 9.17) is 0 Å². The van der Waals surface area contributed by atoms with E-state index in [1.54, 1.807) is 35.6 Å². The minimum Gasteiger partial charge on any atom is -0.325 e. The third-order valence-electron chi connectivity index (χ3n) is 3.95. The molecule has 3 rings (SSSR count). The molecule has 1 saturated heterocycles. The van der Waals surface area contributed by atoms with Gasteiger partial charge in [0.25, 0.3) is 5.76 Å². The van der Waals surface area contributed by atoms with Gasteiger partial charge in [0.05, 0.1) is 6.54 Å². The monoisotopic (exact) mass is 368 g/mol. The number of nitrogens with zero attached hydrogens (tertiary/aromatic N) is 1. The maximum atomic E-state index is 12.3. The molecule has 1 amide bonds. The number of thiophene rings is 1. The summed E-state index contributed by atoms with van der Waals surface area (Å²) in [5.74, 6) is -2.51. The fraction of sp³-hybridized carbons (Fsp3) is 0.353. The molecular weight excluding hydrogens is 350 g/mol. The fourth-order valence-corrected chi connectivity index (χ4v) is 4.32. The van der Waals surface area contributed by atoms with Gasteiger partial charge in [0.15, 0.2) is 0 Å². The first-order valence-electron chi connectivity index (χ1n) is 7.74. The Kier molecular flexibility index (Phi) is 5.86. The Hall–Kier alpha value is -1.44. The van der Waals surface area contributed by atoms with Crippen LogP contribution >= 0.6 is 23.1 Å². The van der Waals surface area contributed by atoms with Crippen molar-refractivity contribution in [3.8, 4) is 0 Å². The number of hydrogen-bond acceptors (Lipinski definition) is 4. The SMILES string of the molecule is O=C(CN1CCC[C@@H]1c1cccs1)Nc1ccc(SC(F)F)cc1. The van der Waals surface area contributed by atoms with Crippen LogP contribution in [0.1, 0.15) is 23.8 Å². The van der Waals surface area contributed by atoms with Gasteiger partial charge in [-0.05, 0) is 55.1 Å². The van der Waals surface area contributed by atoms with Crippen molar-refractivity contribution in [3.63, 3.8) is 0 Å². The summed E-state index contributed by atoms with van der Waals surface area (Å²) < 4.78 is 24.6. The van der Waals surface area contributed by atoms with Crippen LogP contribution in [0, 0.1) is 0 Å². The number of carbonyl (C=O) groups is 1. The fourth-order valence-electron chi connectivity index (χ4n) is 2.92. The molecule has 0 spiro atoms. The molecule has 1 aliphatic heterocycles. The minimum absolute atomic E-state index is 0.0762. The van der Waals surface area contributed by atoms with Gasteiger partial charge in [-0.1, -0.05) is 17.8 Å². The molecule has 1 aliphatic rings. The van der Waals surface area contributed by atoms with E-state index in [0.29, 0.717) is 34.9 Å². The van der Waals surface area contributed by atoms with Crippen LogP contribution in [0.15, 0.2) is 46.7 Å². The highest BCUT2D eigenvalue weighted by Gasteiger charge is 2.28. The third-order valence-corrected chi connectivity index (χ3v) is 5.64. The zero-order valence-corrected chi connectivity index (χ0v) is 14.6. The summed E-state index contributed by atoms with van der Waals surface area (Å²) in [5, 5.41) is 4.90. The molecule has 1 N–H and O–H groups in total. The van der Waals surface area contributed by atoms with Crippen LogP contribution in [0.2, 0.25) is 0 Å². The third kappa shape index (κ3) is 4.55. The number of benzene rings is 1. The van der Waals surface area contributed by atoms with Gasteiger partial charge in [0, 0.05) is 21.5 Å². The highest BCUT2D eigenvalue weighted by Crippen LogP contribution is 2.34. The zero-order chi connectivity index (χ0) is 16.9. The van der Waals surface area contributed by atoms with Gasteiger partial charge in [-0.15, -0.1) is 11.3 Å². The molecular formula is C17H18F2N2OS2. The van der Waals surface area contributed by atoms with Crippen LogP contribution in [-0.4, -0.2) is 29.7 Å². The lowest BCUT2D eigenvalue weighted by Crippen LogP contribution is -2.32. The Morgan fingerprint density at radius 3 is 2.79 bits per heavy atom. The second-order valence-corrected chi connectivity index (χ2v) is 7.64. The maximum Gasteiger partial charge on any atom is 0.288 e. The first kappa shape index (κ1) is 17.4. The predicted molar refractivity (Wildman–Crippen MR) is 94.8 cm³/mol. The van der Waals surface area contributed by atoms with E-state index >= 15 is 0 Å². The van der Waals surface area contributed by atoms with E-state index in [2.05, 4.69) is 21.7 Å². The van der Waals surface area contributed by atoms with Gasteiger partial charge >= 0.3 is 0 Å². The molecule has 0 bridgehead atoms. The number of amides is 1. The Morgan fingerprint density at radius 2 is 2.12 bits per heavy atom. The van der Waals surface area contributed by atoms with Crippen LogP contribution in [0.3, 0.4) is 0 Å². The van der Waals surface area contributed by atoms with Gasteiger partial charge in [-0.3, -0.25) is 9.69 Å². The number of hydrogen-bond donors (Lipinski definition) is 1. The minimum atomic E-state index is -2.44. The van der Waals surface area contributed by atoms with E-state index in [1.807, 2.05) is 6.07 Å². The van der Waals surface area contributed by atoms with Crippen LogP contribution in [0.4, 0.5) is 14.5 Å². The molecule has 24 heavy (non-hydrogen) atoms. The number of nitrogens with one attached hydrogen (secondary N) is 1. The number of carbonyl (C=O) groups excluding carboxylic acids is 1. The van der Waals surface area contributed by atoms with Gasteiger partial charge in [-0.25, -0.2) is 0 Å². The summed E-state index contributed by atoms with van der Waals surface area (Å²) in [5.41, 5.74) is 0.630. The van der Waals surface area contributed by atoms with Crippen molar-refractivity contribution < 1.29 is 13.6 Å². The number of rotatable bonds is 6. The molecule has 3 nitrogen and oxygen atoms in total. The molecule has 2 heterocycles. The second-order valence-electron chi connectivity index (χ2n) is 5.59. The number of likely N-dealkylation sites (tertiary alicyclic amines) is 1. The molecule has 7 heteroatoms. The molecule has 0 unspecified atom stereocenters. The first-order chi connectivity index (χ1) is 11.6. The van der Waals surface area contributed by atoms with Crippen molar-refractivity contribution in [2.75, 3.05) is 18.4 Å². The van der Waals surface area contributed by atoms with Crippen molar-refractivity contribution in [1.82, 2.24) is 4.90 Å². The van der Waals surface area contributed by atoms with Gasteiger partial charge in [0.1, 0.15) is 0 Å². The second kappa shape index (κ2) is 8.09. The summed E-state index contributed by atoms with van der Waals surface area (Å²) in [7, 11) is 0. The lowest BCUT2D eigenvalue weighted by Gasteiger charge is -2.22. The lowest BCUT2D eigenvalue weighted by molar-refractivity contribution is -0.117. The van der Waals surface area contributed by atoms with Gasteiger partial charge < -0.3 is 5.32 Å². The first-order valence-corrected chi connectivity index (χ1v) is 9.50. The molecule has 0 aliphatic carbocycles. The lowest BCUT2D eigenvalue weighted by atomic mass is 10.2. The average molecular weight is 368 g/mol. The molecule has 2 aromatic rings. The highest BCUT2D eigenvalue weighted by atomic mass is 32.2. The Morgan fingerprint density at radius 1 is 1.33 bits per heavy atom. The standard InChI is InChI=1S/C17H18F2N2OS2/c18-17(19)24-13-7-5-12(6-8-13)20-16(22)11-21-9-1-3-14(21)15-4-2-10-23-15/h2,4-8,10,14,17H,1,3,9,11H2,(H,20,22)/t14-/m1/s1. The molecule has 0 radical (unpaired) electrons. The molecule has 128 valence electrons. The Balaban J connectivity index is 1.55. The summed E-state index contributed by atoms with van der Waals surface area (Å²) >= 11 is 2.22. The quantitative estimate of drug-likeness (QED) is 0.741. The number of halogens is 2. The smallest absolute Gasteiger partial charge is 0.288 e. The molecule has 1 aromatic carbocycles. The van der Waals surface area contributed by atoms with Crippen LogP contribution in [-0.2, 0) is 4.79 Å². The van der Waals surface area contributed by atoms with E-state index in [1.165, 1.54) is 4.88 Å². The summed E-state index contributed by atoms with van der Waals surface area (Å²) in [4.78, 5) is 16.3. The Bertz CT molecular complexity index is 662. The van der Waals surface area contributed by atoms with Gasteiger partial charge in [0.2, 0.25) is 5.91 Å². The van der Waals surface area contributed by atoms with E-state index in [9.17, 15) is 13.6 Å². The van der Waals surface area contributed by atoms with Crippen LogP contribution < -0.4 is 5.32 Å². The number of anilines is 1. The predicted octanol–water partition coefficient (Wildman–Crippen LogP) is 4.84. The van der Waals surface area contributed by atoms with Crippen LogP contribution in [0.25, 0.3) is 0 Å². The summed E-state index contributed by atoms with van der Waals surface area (Å²) in [6, 6.07) is 11.0. The van der Waals surface area contributed by atoms with Gasteiger partial charge in [-0.2, -0.15) is 8.78 Å². The van der Waals surface area contributed by atoms with Crippen molar-refractivity contribution in [1.29, 1.82) is 0 Å². The normalized spacial score (nSPS) is 18.2. The Labute approximate surface area is 148 Å².